The number of rotatable bonds is 1. The summed E-state index contributed by atoms with van der Waals surface area (Å²) in [4.78, 5) is 15.7. The van der Waals surface area contributed by atoms with Crippen LogP contribution in [0.5, 0.6) is 0 Å². The molecule has 3 aromatic rings. The summed E-state index contributed by atoms with van der Waals surface area (Å²) in [5, 5.41) is 1.09. The Kier molecular flexibility index (Phi) is 3.20. The Morgan fingerprint density at radius 2 is 1.90 bits per heavy atom. The van der Waals surface area contributed by atoms with Crippen LogP contribution < -0.4 is 5.56 Å². The molecule has 0 spiro atoms. The van der Waals surface area contributed by atoms with Crippen LogP contribution in [-0.2, 0) is 0 Å². The van der Waals surface area contributed by atoms with Crippen LogP contribution in [0.25, 0.3) is 16.6 Å². The van der Waals surface area contributed by atoms with Crippen LogP contribution in [0.15, 0.2) is 47.3 Å². The van der Waals surface area contributed by atoms with Gasteiger partial charge in [-0.25, -0.2) is 0 Å². The minimum Gasteiger partial charge on any atom is -0.331 e. The minimum atomic E-state index is -0.166. The van der Waals surface area contributed by atoms with E-state index in [4.69, 9.17) is 23.8 Å². The van der Waals surface area contributed by atoms with Gasteiger partial charge in [-0.1, -0.05) is 35.9 Å². The van der Waals surface area contributed by atoms with Gasteiger partial charge in [-0.15, -0.1) is 0 Å². The van der Waals surface area contributed by atoms with Gasteiger partial charge in [-0.05, 0) is 42.9 Å². The highest BCUT2D eigenvalue weighted by molar-refractivity contribution is 7.71. The fourth-order valence-electron chi connectivity index (χ4n) is 2.27. The number of nitrogens with zero attached hydrogens (tertiary/aromatic N) is 1. The Balaban J connectivity index is 2.50. The molecule has 1 N–H and O–H groups in total. The molecule has 0 aliphatic rings. The maximum absolute atomic E-state index is 12.7. The summed E-state index contributed by atoms with van der Waals surface area (Å²) < 4.78 is 1.79. The van der Waals surface area contributed by atoms with Gasteiger partial charge < -0.3 is 4.98 Å². The highest BCUT2D eigenvalue weighted by atomic mass is 35.5. The van der Waals surface area contributed by atoms with E-state index in [2.05, 4.69) is 4.98 Å². The number of H-pyrrole nitrogens is 1. The maximum Gasteiger partial charge on any atom is 0.266 e. The zero-order chi connectivity index (χ0) is 14.3. The molecule has 0 unspecified atom stereocenters. The van der Waals surface area contributed by atoms with Crippen LogP contribution >= 0.6 is 23.8 Å². The summed E-state index contributed by atoms with van der Waals surface area (Å²) in [6.07, 6.45) is 0. The number of para-hydroxylation sites is 2. The van der Waals surface area contributed by atoms with Crippen molar-refractivity contribution in [2.75, 3.05) is 0 Å². The smallest absolute Gasteiger partial charge is 0.266 e. The van der Waals surface area contributed by atoms with Crippen LogP contribution in [0.1, 0.15) is 5.56 Å². The molecule has 3 rings (SSSR count). The first-order valence-corrected chi connectivity index (χ1v) is 6.88. The van der Waals surface area contributed by atoms with E-state index in [0.29, 0.717) is 20.9 Å². The normalized spacial score (nSPS) is 10.9. The largest absolute Gasteiger partial charge is 0.331 e. The first-order valence-electron chi connectivity index (χ1n) is 6.09. The Morgan fingerprint density at radius 3 is 2.65 bits per heavy atom. The standard InChI is InChI=1S/C15H11ClN2OS/c1-9-5-4-7-11(16)13(9)18-14(19)10-6-2-3-8-12(10)17-15(18)20/h2-8H,1H3,(H,17,20). The number of aryl methyl sites for hydroxylation is 1. The Labute approximate surface area is 125 Å². The first kappa shape index (κ1) is 13.1. The maximum atomic E-state index is 12.7. The predicted octanol–water partition coefficient (Wildman–Crippen LogP) is 4.01. The molecule has 1 aromatic heterocycles. The molecule has 0 saturated heterocycles. The molecule has 100 valence electrons. The fraction of sp³-hybridized carbons (Fsp3) is 0.0667. The van der Waals surface area contributed by atoms with E-state index in [9.17, 15) is 4.79 Å². The number of nitrogens with one attached hydrogen (secondary N) is 1. The van der Waals surface area contributed by atoms with E-state index in [1.807, 2.05) is 37.3 Å². The molecule has 0 aliphatic carbocycles. The summed E-state index contributed by atoms with van der Waals surface area (Å²) in [6.45, 7) is 1.90. The third kappa shape index (κ3) is 1.97. The number of halogens is 1. The van der Waals surface area contributed by atoms with Crippen molar-refractivity contribution in [3.8, 4) is 5.69 Å². The second-order valence-electron chi connectivity index (χ2n) is 4.52. The van der Waals surface area contributed by atoms with E-state index in [-0.39, 0.29) is 5.56 Å². The molecule has 20 heavy (non-hydrogen) atoms. The van der Waals surface area contributed by atoms with Gasteiger partial charge in [0.25, 0.3) is 5.56 Å². The molecular formula is C15H11ClN2OS. The van der Waals surface area contributed by atoms with Crippen molar-refractivity contribution in [3.63, 3.8) is 0 Å². The van der Waals surface area contributed by atoms with E-state index in [1.165, 1.54) is 4.57 Å². The molecule has 0 atom stereocenters. The third-order valence-corrected chi connectivity index (χ3v) is 3.81. The van der Waals surface area contributed by atoms with Crippen molar-refractivity contribution in [1.82, 2.24) is 9.55 Å². The summed E-state index contributed by atoms with van der Waals surface area (Å²) in [5.74, 6) is 0. The van der Waals surface area contributed by atoms with Gasteiger partial charge in [0.05, 0.1) is 21.6 Å². The average molecular weight is 303 g/mol. The van der Waals surface area contributed by atoms with Crippen molar-refractivity contribution in [2.45, 2.75) is 6.92 Å². The molecule has 0 saturated carbocycles. The lowest BCUT2D eigenvalue weighted by Crippen LogP contribution is -2.21. The van der Waals surface area contributed by atoms with Gasteiger partial charge in [0, 0.05) is 0 Å². The fourth-order valence-corrected chi connectivity index (χ4v) is 2.86. The minimum absolute atomic E-state index is 0.166. The van der Waals surface area contributed by atoms with Gasteiger partial charge in [-0.3, -0.25) is 9.36 Å². The van der Waals surface area contributed by atoms with Crippen molar-refractivity contribution in [3.05, 3.63) is 68.2 Å². The molecule has 5 heteroatoms. The van der Waals surface area contributed by atoms with Gasteiger partial charge in [0.15, 0.2) is 4.77 Å². The Morgan fingerprint density at radius 1 is 1.15 bits per heavy atom. The second kappa shape index (κ2) is 4.89. The molecule has 0 radical (unpaired) electrons. The SMILES string of the molecule is Cc1cccc(Cl)c1-n1c(=S)[nH]c2ccccc2c1=O. The highest BCUT2D eigenvalue weighted by Gasteiger charge is 2.12. The van der Waals surface area contributed by atoms with Crippen LogP contribution in [0.4, 0.5) is 0 Å². The van der Waals surface area contributed by atoms with Crippen LogP contribution in [0, 0.1) is 11.7 Å². The van der Waals surface area contributed by atoms with Gasteiger partial charge >= 0.3 is 0 Å². The van der Waals surface area contributed by atoms with Crippen molar-refractivity contribution in [1.29, 1.82) is 0 Å². The number of hydrogen-bond acceptors (Lipinski definition) is 2. The Bertz CT molecular complexity index is 907. The van der Waals surface area contributed by atoms with Crippen molar-refractivity contribution >= 4 is 34.7 Å². The van der Waals surface area contributed by atoms with Crippen LogP contribution in [-0.4, -0.2) is 9.55 Å². The van der Waals surface area contributed by atoms with E-state index >= 15 is 0 Å². The number of aromatic amines is 1. The average Bonchev–Trinajstić information content (AvgIpc) is 2.42. The second-order valence-corrected chi connectivity index (χ2v) is 5.32. The van der Waals surface area contributed by atoms with Crippen molar-refractivity contribution < 1.29 is 0 Å². The zero-order valence-electron chi connectivity index (χ0n) is 10.7. The highest BCUT2D eigenvalue weighted by Crippen LogP contribution is 2.23. The molecule has 3 nitrogen and oxygen atoms in total. The zero-order valence-corrected chi connectivity index (χ0v) is 12.3. The van der Waals surface area contributed by atoms with Crippen LogP contribution in [0.2, 0.25) is 5.02 Å². The van der Waals surface area contributed by atoms with Gasteiger partial charge in [0.2, 0.25) is 0 Å². The summed E-state index contributed by atoms with van der Waals surface area (Å²) in [6, 6.07) is 12.8. The molecule has 0 aliphatic heterocycles. The third-order valence-electron chi connectivity index (χ3n) is 3.22. The molecule has 0 amide bonds. The number of aromatic nitrogens is 2. The van der Waals surface area contributed by atoms with Crippen molar-refractivity contribution in [2.24, 2.45) is 0 Å². The van der Waals surface area contributed by atoms with Gasteiger partial charge in [-0.2, -0.15) is 0 Å². The van der Waals surface area contributed by atoms with E-state index in [1.54, 1.807) is 12.1 Å². The molecule has 0 fully saturated rings. The summed E-state index contributed by atoms with van der Waals surface area (Å²) >= 11 is 11.6. The molecule has 2 aromatic carbocycles. The lowest BCUT2D eigenvalue weighted by molar-refractivity contribution is 0.931. The summed E-state index contributed by atoms with van der Waals surface area (Å²) in [5.41, 5.74) is 2.09. The van der Waals surface area contributed by atoms with E-state index in [0.717, 1.165) is 11.1 Å². The lowest BCUT2D eigenvalue weighted by atomic mass is 10.2. The lowest BCUT2D eigenvalue weighted by Gasteiger charge is -2.12. The van der Waals surface area contributed by atoms with E-state index < -0.39 is 0 Å². The van der Waals surface area contributed by atoms with Gasteiger partial charge in [0.1, 0.15) is 0 Å². The summed E-state index contributed by atoms with van der Waals surface area (Å²) in [7, 11) is 0. The number of benzene rings is 2. The first-order chi connectivity index (χ1) is 9.59. The number of hydrogen-bond donors (Lipinski definition) is 1. The monoisotopic (exact) mass is 302 g/mol. The topological polar surface area (TPSA) is 37.8 Å². The Hall–Kier alpha value is -1.91. The van der Waals surface area contributed by atoms with Crippen LogP contribution in [0.3, 0.4) is 0 Å². The molecule has 0 bridgehead atoms. The quantitative estimate of drug-likeness (QED) is 0.690. The molecule has 1 heterocycles. The molecular weight excluding hydrogens is 292 g/mol. The number of fused-ring (bicyclic) bond motifs is 1. The predicted molar refractivity (Wildman–Crippen MR) is 84.5 cm³/mol.